The Kier molecular flexibility index (Phi) is 4.22. The second-order valence-corrected chi connectivity index (χ2v) is 7.05. The molecule has 3 rings (SSSR count). The van der Waals surface area contributed by atoms with Crippen molar-refractivity contribution in [1.29, 1.82) is 0 Å². The SMILES string of the molecule is COCC1CN(Cc2cccs2)CC12CCNCC2. The summed E-state index contributed by atoms with van der Waals surface area (Å²) in [5, 5.41) is 5.68. The number of hydrogen-bond acceptors (Lipinski definition) is 4. The van der Waals surface area contributed by atoms with Gasteiger partial charge in [0.25, 0.3) is 0 Å². The number of thiophene rings is 1. The van der Waals surface area contributed by atoms with E-state index in [4.69, 9.17) is 4.74 Å². The lowest BCUT2D eigenvalue weighted by Crippen LogP contribution is -2.43. The zero-order chi connectivity index (χ0) is 13.1. The van der Waals surface area contributed by atoms with Crippen LogP contribution in [-0.4, -0.2) is 44.8 Å². The van der Waals surface area contributed by atoms with E-state index < -0.39 is 0 Å². The highest BCUT2D eigenvalue weighted by molar-refractivity contribution is 7.09. The molecule has 1 aromatic heterocycles. The van der Waals surface area contributed by atoms with Crippen LogP contribution in [0.25, 0.3) is 0 Å². The number of rotatable bonds is 4. The summed E-state index contributed by atoms with van der Waals surface area (Å²) in [7, 11) is 1.84. The van der Waals surface area contributed by atoms with E-state index in [0.29, 0.717) is 11.3 Å². The van der Waals surface area contributed by atoms with Crippen LogP contribution in [0.15, 0.2) is 17.5 Å². The highest BCUT2D eigenvalue weighted by Gasteiger charge is 2.46. The number of nitrogens with zero attached hydrogens (tertiary/aromatic N) is 1. The molecule has 0 aromatic carbocycles. The van der Waals surface area contributed by atoms with Gasteiger partial charge in [-0.25, -0.2) is 0 Å². The van der Waals surface area contributed by atoms with Crippen molar-refractivity contribution in [1.82, 2.24) is 10.2 Å². The molecule has 2 aliphatic heterocycles. The zero-order valence-electron chi connectivity index (χ0n) is 11.7. The quantitative estimate of drug-likeness (QED) is 0.915. The summed E-state index contributed by atoms with van der Waals surface area (Å²) in [4.78, 5) is 4.13. The Hall–Kier alpha value is -0.420. The van der Waals surface area contributed by atoms with Crippen LogP contribution in [0.3, 0.4) is 0 Å². The number of nitrogens with one attached hydrogen (secondary N) is 1. The van der Waals surface area contributed by atoms with Gasteiger partial charge in [-0.2, -0.15) is 0 Å². The van der Waals surface area contributed by atoms with Crippen molar-refractivity contribution in [3.05, 3.63) is 22.4 Å². The number of hydrogen-bond donors (Lipinski definition) is 1. The third kappa shape index (κ3) is 2.87. The topological polar surface area (TPSA) is 24.5 Å². The largest absolute Gasteiger partial charge is 0.384 e. The van der Waals surface area contributed by atoms with Gasteiger partial charge in [-0.15, -0.1) is 11.3 Å². The fourth-order valence-electron chi connectivity index (χ4n) is 3.81. The average Bonchev–Trinajstić information content (AvgIpc) is 3.02. The average molecular weight is 280 g/mol. The predicted molar refractivity (Wildman–Crippen MR) is 79.5 cm³/mol. The van der Waals surface area contributed by atoms with Crippen molar-refractivity contribution in [3.63, 3.8) is 0 Å². The van der Waals surface area contributed by atoms with Gasteiger partial charge < -0.3 is 10.1 Å². The Bertz CT molecular complexity index is 387. The lowest BCUT2D eigenvalue weighted by atomic mass is 9.71. The van der Waals surface area contributed by atoms with E-state index in [9.17, 15) is 0 Å². The van der Waals surface area contributed by atoms with E-state index in [0.717, 1.165) is 13.2 Å². The van der Waals surface area contributed by atoms with Gasteiger partial charge in [0.05, 0.1) is 6.61 Å². The predicted octanol–water partition coefficient (Wildman–Crippen LogP) is 2.20. The maximum absolute atomic E-state index is 5.49. The fraction of sp³-hybridized carbons (Fsp3) is 0.733. The molecule has 19 heavy (non-hydrogen) atoms. The number of ether oxygens (including phenoxy) is 1. The maximum Gasteiger partial charge on any atom is 0.0508 e. The smallest absolute Gasteiger partial charge is 0.0508 e. The molecule has 3 heterocycles. The molecule has 1 spiro atoms. The summed E-state index contributed by atoms with van der Waals surface area (Å²) < 4.78 is 5.49. The molecule has 0 aliphatic carbocycles. The molecule has 1 unspecified atom stereocenters. The highest BCUT2D eigenvalue weighted by atomic mass is 32.1. The van der Waals surface area contributed by atoms with Gasteiger partial charge in [-0.05, 0) is 42.8 Å². The number of likely N-dealkylation sites (tertiary alicyclic amines) is 1. The van der Waals surface area contributed by atoms with E-state index in [2.05, 4.69) is 27.7 Å². The lowest BCUT2D eigenvalue weighted by Gasteiger charge is -2.38. The molecule has 0 saturated carbocycles. The molecule has 1 atom stereocenters. The van der Waals surface area contributed by atoms with Gasteiger partial charge in [0.1, 0.15) is 0 Å². The standard InChI is InChI=1S/C15H24N2OS/c1-18-11-13-9-17(10-14-3-2-8-19-14)12-15(13)4-6-16-7-5-15/h2-3,8,13,16H,4-7,9-12H2,1H3. The van der Waals surface area contributed by atoms with Crippen LogP contribution < -0.4 is 5.32 Å². The number of methoxy groups -OCH3 is 1. The van der Waals surface area contributed by atoms with Crippen molar-refractivity contribution in [2.75, 3.05) is 39.9 Å². The molecule has 0 bridgehead atoms. The van der Waals surface area contributed by atoms with E-state index in [-0.39, 0.29) is 0 Å². The van der Waals surface area contributed by atoms with Crippen molar-refractivity contribution in [2.45, 2.75) is 19.4 Å². The third-order valence-electron chi connectivity index (χ3n) is 4.81. The first-order valence-corrected chi connectivity index (χ1v) is 8.15. The molecule has 2 fully saturated rings. The van der Waals surface area contributed by atoms with Crippen molar-refractivity contribution < 1.29 is 4.74 Å². The lowest BCUT2D eigenvalue weighted by molar-refractivity contribution is 0.0716. The minimum atomic E-state index is 0.499. The molecule has 2 aliphatic rings. The Labute approximate surface area is 119 Å². The summed E-state index contributed by atoms with van der Waals surface area (Å²) in [6.07, 6.45) is 2.62. The summed E-state index contributed by atoms with van der Waals surface area (Å²) in [5.74, 6) is 0.708. The molecule has 106 valence electrons. The van der Waals surface area contributed by atoms with Crippen LogP contribution in [0.4, 0.5) is 0 Å². The Morgan fingerprint density at radius 1 is 1.47 bits per heavy atom. The molecular formula is C15H24N2OS. The minimum absolute atomic E-state index is 0.499. The Morgan fingerprint density at radius 3 is 3.00 bits per heavy atom. The van der Waals surface area contributed by atoms with Crippen LogP contribution in [0.5, 0.6) is 0 Å². The first-order valence-electron chi connectivity index (χ1n) is 7.27. The van der Waals surface area contributed by atoms with Crippen LogP contribution >= 0.6 is 11.3 Å². The van der Waals surface area contributed by atoms with Gasteiger partial charge in [-0.3, -0.25) is 4.90 Å². The van der Waals surface area contributed by atoms with E-state index in [1.54, 1.807) is 0 Å². The highest BCUT2D eigenvalue weighted by Crippen LogP contribution is 2.43. The number of piperidine rings is 1. The minimum Gasteiger partial charge on any atom is -0.384 e. The Morgan fingerprint density at radius 2 is 2.32 bits per heavy atom. The van der Waals surface area contributed by atoms with Crippen molar-refractivity contribution in [2.24, 2.45) is 11.3 Å². The van der Waals surface area contributed by atoms with Crippen molar-refractivity contribution >= 4 is 11.3 Å². The molecule has 4 heteroatoms. The monoisotopic (exact) mass is 280 g/mol. The zero-order valence-corrected chi connectivity index (χ0v) is 12.5. The van der Waals surface area contributed by atoms with Crippen LogP contribution in [0.2, 0.25) is 0 Å². The van der Waals surface area contributed by atoms with E-state index in [1.165, 1.54) is 43.9 Å². The van der Waals surface area contributed by atoms with Gasteiger partial charge in [0.2, 0.25) is 0 Å². The molecule has 1 aromatic rings. The maximum atomic E-state index is 5.49. The van der Waals surface area contributed by atoms with E-state index in [1.807, 2.05) is 18.4 Å². The molecule has 2 saturated heterocycles. The third-order valence-corrected chi connectivity index (χ3v) is 5.67. The molecule has 0 radical (unpaired) electrons. The first kappa shape index (κ1) is 13.6. The van der Waals surface area contributed by atoms with Crippen LogP contribution in [0.1, 0.15) is 17.7 Å². The molecule has 0 amide bonds. The molecule has 1 N–H and O–H groups in total. The van der Waals surface area contributed by atoms with Gasteiger partial charge in [0.15, 0.2) is 0 Å². The Balaban J connectivity index is 1.69. The van der Waals surface area contributed by atoms with Gasteiger partial charge >= 0.3 is 0 Å². The van der Waals surface area contributed by atoms with Crippen molar-refractivity contribution in [3.8, 4) is 0 Å². The van der Waals surface area contributed by atoms with Crippen LogP contribution in [0, 0.1) is 11.3 Å². The summed E-state index contributed by atoms with van der Waals surface area (Å²) in [5.41, 5.74) is 0.499. The van der Waals surface area contributed by atoms with Crippen LogP contribution in [-0.2, 0) is 11.3 Å². The summed E-state index contributed by atoms with van der Waals surface area (Å²) in [6.45, 7) is 6.83. The van der Waals surface area contributed by atoms with Gasteiger partial charge in [0, 0.05) is 37.5 Å². The fourth-order valence-corrected chi connectivity index (χ4v) is 4.56. The van der Waals surface area contributed by atoms with Gasteiger partial charge in [-0.1, -0.05) is 6.07 Å². The first-order chi connectivity index (χ1) is 9.32. The summed E-state index contributed by atoms with van der Waals surface area (Å²) in [6, 6.07) is 4.41. The van der Waals surface area contributed by atoms with E-state index >= 15 is 0 Å². The molecule has 3 nitrogen and oxygen atoms in total. The second kappa shape index (κ2) is 5.92. The molecular weight excluding hydrogens is 256 g/mol. The summed E-state index contributed by atoms with van der Waals surface area (Å²) >= 11 is 1.87. The normalized spacial score (nSPS) is 27.1. The second-order valence-electron chi connectivity index (χ2n) is 6.01.